The highest BCUT2D eigenvalue weighted by atomic mass is 32.2. The average molecular weight is 538 g/mol. The van der Waals surface area contributed by atoms with Gasteiger partial charge >= 0.3 is 0 Å². The van der Waals surface area contributed by atoms with Crippen molar-refractivity contribution in [2.24, 2.45) is 0 Å². The highest BCUT2D eigenvalue weighted by molar-refractivity contribution is 7.90. The van der Waals surface area contributed by atoms with Crippen LogP contribution < -0.4 is 4.90 Å². The first-order valence-corrected chi connectivity index (χ1v) is 15.5. The Morgan fingerprint density at radius 3 is 2.47 bits per heavy atom. The number of H-pyrrole nitrogens is 1. The summed E-state index contributed by atoms with van der Waals surface area (Å²) >= 11 is 0. The summed E-state index contributed by atoms with van der Waals surface area (Å²) in [7, 11) is -2.93. The van der Waals surface area contributed by atoms with Gasteiger partial charge in [-0.25, -0.2) is 22.9 Å². The summed E-state index contributed by atoms with van der Waals surface area (Å²) in [5, 5.41) is 4.40. The number of pyridine rings is 2. The molecule has 4 aromatic heterocycles. The van der Waals surface area contributed by atoms with Crippen LogP contribution in [0, 0.1) is 13.8 Å². The third-order valence-electron chi connectivity index (χ3n) is 7.99. The van der Waals surface area contributed by atoms with Crippen LogP contribution >= 0.6 is 0 Å². The molecule has 0 radical (unpaired) electrons. The number of fused-ring (bicyclic) bond motifs is 2. The molecular formula is C28H39N7O2S. The molecule has 1 aliphatic rings. The van der Waals surface area contributed by atoms with Gasteiger partial charge in [-0.15, -0.1) is 0 Å². The molecule has 1 aliphatic heterocycles. The van der Waals surface area contributed by atoms with Crippen LogP contribution in [-0.2, 0) is 9.84 Å². The second kappa shape index (κ2) is 9.96. The summed E-state index contributed by atoms with van der Waals surface area (Å²) in [5.74, 6) is 1.50. The largest absolute Gasteiger partial charge is 0.353 e. The minimum absolute atomic E-state index is 0.238. The Morgan fingerprint density at radius 2 is 1.82 bits per heavy atom. The second-order valence-corrected chi connectivity index (χ2v) is 13.5. The molecular weight excluding hydrogens is 498 g/mol. The van der Waals surface area contributed by atoms with Crippen molar-refractivity contribution in [1.29, 1.82) is 0 Å². The van der Waals surface area contributed by atoms with Crippen LogP contribution in [0.5, 0.6) is 0 Å². The van der Waals surface area contributed by atoms with E-state index in [9.17, 15) is 8.42 Å². The standard InChI is InChI=1S/C28H39N7O2S/c1-17(2)25-26(22-15-35-28(29-16-30-35)21(6)20(22)5)31-23-9-10-24(32-27(23)25)33-13-18(3)34(19(4)14-33)11-8-12-38(7,36)37/h9-10,15-19,31H,8,11-14H2,1-7H3/t18-,19+. The van der Waals surface area contributed by atoms with Gasteiger partial charge in [-0.2, -0.15) is 5.10 Å². The molecule has 4 aromatic rings. The number of nitrogens with zero attached hydrogens (tertiary/aromatic N) is 6. The Labute approximate surface area is 225 Å². The molecule has 0 saturated carbocycles. The number of hydrogen-bond donors (Lipinski definition) is 1. The summed E-state index contributed by atoms with van der Waals surface area (Å²) in [4.78, 5) is 18.1. The lowest BCUT2D eigenvalue weighted by Crippen LogP contribution is -2.57. The second-order valence-electron chi connectivity index (χ2n) is 11.3. The van der Waals surface area contributed by atoms with Crippen molar-refractivity contribution in [3.8, 4) is 11.3 Å². The van der Waals surface area contributed by atoms with Gasteiger partial charge in [0.2, 0.25) is 0 Å². The third kappa shape index (κ3) is 4.91. The van der Waals surface area contributed by atoms with Crippen LogP contribution in [0.2, 0.25) is 0 Å². The lowest BCUT2D eigenvalue weighted by atomic mass is 9.95. The van der Waals surface area contributed by atoms with Gasteiger partial charge in [0.15, 0.2) is 5.65 Å². The predicted molar refractivity (Wildman–Crippen MR) is 154 cm³/mol. The van der Waals surface area contributed by atoms with E-state index in [1.165, 1.54) is 17.4 Å². The zero-order valence-electron chi connectivity index (χ0n) is 23.5. The minimum Gasteiger partial charge on any atom is -0.353 e. The normalized spacial score (nSPS) is 19.3. The Morgan fingerprint density at radius 1 is 1.11 bits per heavy atom. The van der Waals surface area contributed by atoms with Crippen molar-refractivity contribution in [2.45, 2.75) is 66.0 Å². The maximum Gasteiger partial charge on any atom is 0.158 e. The Bertz CT molecular complexity index is 1580. The summed E-state index contributed by atoms with van der Waals surface area (Å²) in [6.45, 7) is 15.6. The number of sulfone groups is 1. The first kappa shape index (κ1) is 26.6. The van der Waals surface area contributed by atoms with Gasteiger partial charge in [0.25, 0.3) is 0 Å². The molecule has 5 heterocycles. The van der Waals surface area contributed by atoms with E-state index in [-0.39, 0.29) is 11.7 Å². The van der Waals surface area contributed by atoms with Gasteiger partial charge in [-0.05, 0) is 69.8 Å². The van der Waals surface area contributed by atoms with E-state index in [1.54, 1.807) is 6.33 Å². The van der Waals surface area contributed by atoms with Gasteiger partial charge in [-0.3, -0.25) is 4.90 Å². The van der Waals surface area contributed by atoms with Gasteiger partial charge in [0.1, 0.15) is 22.0 Å². The molecule has 0 spiro atoms. The number of aromatic nitrogens is 5. The molecule has 0 aliphatic carbocycles. The zero-order chi connectivity index (χ0) is 27.4. The molecule has 1 fully saturated rings. The van der Waals surface area contributed by atoms with Crippen molar-refractivity contribution in [2.75, 3.05) is 36.5 Å². The first-order valence-electron chi connectivity index (χ1n) is 13.5. The Hall–Kier alpha value is -2.98. The number of aromatic amines is 1. The number of rotatable bonds is 7. The van der Waals surface area contributed by atoms with Crippen LogP contribution in [0.3, 0.4) is 0 Å². The zero-order valence-corrected chi connectivity index (χ0v) is 24.3. The summed E-state index contributed by atoms with van der Waals surface area (Å²) in [5.41, 5.74) is 8.66. The lowest BCUT2D eigenvalue weighted by molar-refractivity contribution is 0.132. The SMILES string of the molecule is Cc1c(-c2[nH]c3ccc(N4C[C@@H](C)N(CCCS(C)(=O)=O)[C@@H](C)C4)nc3c2C(C)C)cn2ncnc2c1C. The molecule has 10 heteroatoms. The number of piperazine rings is 1. The molecule has 0 aromatic carbocycles. The monoisotopic (exact) mass is 537 g/mol. The van der Waals surface area contributed by atoms with Gasteiger partial charge < -0.3 is 9.88 Å². The minimum atomic E-state index is -2.93. The van der Waals surface area contributed by atoms with Crippen molar-refractivity contribution < 1.29 is 8.42 Å². The van der Waals surface area contributed by atoms with Crippen molar-refractivity contribution in [3.05, 3.63) is 41.3 Å². The van der Waals surface area contributed by atoms with E-state index in [0.717, 1.165) is 59.0 Å². The van der Waals surface area contributed by atoms with Crippen LogP contribution in [0.15, 0.2) is 24.7 Å². The Balaban J connectivity index is 1.47. The van der Waals surface area contributed by atoms with Gasteiger partial charge in [0.05, 0.1) is 22.5 Å². The van der Waals surface area contributed by atoms with Gasteiger partial charge in [0, 0.05) is 48.8 Å². The van der Waals surface area contributed by atoms with Crippen LogP contribution in [-0.4, -0.2) is 81.6 Å². The van der Waals surface area contributed by atoms with E-state index in [4.69, 9.17) is 4.98 Å². The maximum absolute atomic E-state index is 11.6. The first-order chi connectivity index (χ1) is 17.9. The van der Waals surface area contributed by atoms with E-state index in [2.05, 4.69) is 84.7 Å². The molecule has 1 N–H and O–H groups in total. The molecule has 5 rings (SSSR count). The Kier molecular flexibility index (Phi) is 6.98. The van der Waals surface area contributed by atoms with Crippen LogP contribution in [0.25, 0.3) is 27.9 Å². The highest BCUT2D eigenvalue weighted by Gasteiger charge is 2.30. The third-order valence-corrected chi connectivity index (χ3v) is 9.02. The van der Waals surface area contributed by atoms with Crippen molar-refractivity contribution in [3.63, 3.8) is 0 Å². The topological polar surface area (TPSA) is 99.5 Å². The molecule has 0 bridgehead atoms. The van der Waals surface area contributed by atoms with E-state index in [1.807, 2.05) is 4.52 Å². The average Bonchev–Trinajstić information content (AvgIpc) is 3.46. The smallest absolute Gasteiger partial charge is 0.158 e. The molecule has 9 nitrogen and oxygen atoms in total. The van der Waals surface area contributed by atoms with Crippen molar-refractivity contribution >= 4 is 32.3 Å². The fraction of sp³-hybridized carbons (Fsp3) is 0.536. The molecule has 0 amide bonds. The maximum atomic E-state index is 11.6. The quantitative estimate of drug-likeness (QED) is 0.374. The number of aryl methyl sites for hydroxylation is 1. The molecule has 2 atom stereocenters. The van der Waals surface area contributed by atoms with E-state index < -0.39 is 9.84 Å². The molecule has 1 saturated heterocycles. The number of hydrogen-bond acceptors (Lipinski definition) is 7. The van der Waals surface area contributed by atoms with Gasteiger partial charge in [-0.1, -0.05) is 13.8 Å². The number of anilines is 1. The summed E-state index contributed by atoms with van der Waals surface area (Å²) in [6.07, 6.45) is 5.64. The number of nitrogens with one attached hydrogen (secondary N) is 1. The highest BCUT2D eigenvalue weighted by Crippen LogP contribution is 2.38. The fourth-order valence-electron chi connectivity index (χ4n) is 5.97. The predicted octanol–water partition coefficient (Wildman–Crippen LogP) is 4.35. The van der Waals surface area contributed by atoms with E-state index in [0.29, 0.717) is 18.5 Å². The summed E-state index contributed by atoms with van der Waals surface area (Å²) in [6, 6.07) is 4.88. The summed E-state index contributed by atoms with van der Waals surface area (Å²) < 4.78 is 25.0. The fourth-order valence-corrected chi connectivity index (χ4v) is 6.63. The van der Waals surface area contributed by atoms with Crippen LogP contribution in [0.1, 0.15) is 56.7 Å². The molecule has 0 unspecified atom stereocenters. The molecule has 38 heavy (non-hydrogen) atoms. The van der Waals surface area contributed by atoms with Crippen LogP contribution in [0.4, 0.5) is 5.82 Å². The molecule has 204 valence electrons. The van der Waals surface area contributed by atoms with E-state index >= 15 is 0 Å². The lowest BCUT2D eigenvalue weighted by Gasteiger charge is -2.45. The van der Waals surface area contributed by atoms with Crippen molar-refractivity contribution in [1.82, 2.24) is 29.5 Å².